The van der Waals surface area contributed by atoms with Gasteiger partial charge < -0.3 is 14.8 Å². The first-order chi connectivity index (χ1) is 14.9. The van der Waals surface area contributed by atoms with Gasteiger partial charge in [0, 0.05) is 10.7 Å². The Labute approximate surface area is 189 Å². The van der Waals surface area contributed by atoms with Gasteiger partial charge in [-0.05, 0) is 48.9 Å². The number of imide groups is 1. The van der Waals surface area contributed by atoms with E-state index >= 15 is 0 Å². The fourth-order valence-electron chi connectivity index (χ4n) is 2.89. The van der Waals surface area contributed by atoms with Gasteiger partial charge >= 0.3 is 5.97 Å². The quantitative estimate of drug-likeness (QED) is 0.346. The fourth-order valence-corrected chi connectivity index (χ4v) is 3.27. The SMILES string of the molecule is CCCCOC(=O)c1ccc(NC2=C(Cl)C(=O)N(c3cc(Cl)ccc3OC)C2=O)cc1. The number of carbonyl (C=O) groups is 3. The normalized spacial score (nSPS) is 13.6. The van der Waals surface area contributed by atoms with Crippen LogP contribution in [0.25, 0.3) is 0 Å². The van der Waals surface area contributed by atoms with E-state index in [1.165, 1.54) is 13.2 Å². The van der Waals surface area contributed by atoms with Gasteiger partial charge in [0.1, 0.15) is 16.5 Å². The molecule has 0 unspecified atom stereocenters. The van der Waals surface area contributed by atoms with E-state index < -0.39 is 17.8 Å². The van der Waals surface area contributed by atoms with E-state index in [4.69, 9.17) is 32.7 Å². The highest BCUT2D eigenvalue weighted by Gasteiger charge is 2.40. The Balaban J connectivity index is 1.78. The van der Waals surface area contributed by atoms with Gasteiger partial charge in [0.15, 0.2) is 0 Å². The van der Waals surface area contributed by atoms with Crippen LogP contribution >= 0.6 is 23.2 Å². The summed E-state index contributed by atoms with van der Waals surface area (Å²) in [7, 11) is 1.42. The maximum absolute atomic E-state index is 13.0. The van der Waals surface area contributed by atoms with E-state index in [1.54, 1.807) is 36.4 Å². The molecule has 0 aromatic heterocycles. The molecule has 0 radical (unpaired) electrons. The van der Waals surface area contributed by atoms with Gasteiger partial charge in [-0.3, -0.25) is 9.59 Å². The second kappa shape index (κ2) is 9.85. The molecule has 3 rings (SSSR count). The van der Waals surface area contributed by atoms with Crippen LogP contribution in [0, 0.1) is 0 Å². The number of ether oxygens (including phenoxy) is 2. The maximum atomic E-state index is 13.0. The lowest BCUT2D eigenvalue weighted by Crippen LogP contribution is -2.32. The summed E-state index contributed by atoms with van der Waals surface area (Å²) < 4.78 is 10.4. The summed E-state index contributed by atoms with van der Waals surface area (Å²) >= 11 is 12.2. The van der Waals surface area contributed by atoms with Crippen molar-refractivity contribution in [2.75, 3.05) is 23.9 Å². The summed E-state index contributed by atoms with van der Waals surface area (Å²) in [6.45, 7) is 2.37. The van der Waals surface area contributed by atoms with Crippen molar-refractivity contribution >= 4 is 52.4 Å². The topological polar surface area (TPSA) is 84.9 Å². The molecule has 1 aliphatic heterocycles. The molecule has 0 fully saturated rings. The lowest BCUT2D eigenvalue weighted by Gasteiger charge is -2.18. The van der Waals surface area contributed by atoms with Gasteiger partial charge in [-0.15, -0.1) is 0 Å². The van der Waals surface area contributed by atoms with Gasteiger partial charge in [-0.25, -0.2) is 9.69 Å². The lowest BCUT2D eigenvalue weighted by molar-refractivity contribution is -0.120. The first-order valence-corrected chi connectivity index (χ1v) is 10.3. The van der Waals surface area contributed by atoms with Gasteiger partial charge in [-0.1, -0.05) is 36.5 Å². The Morgan fingerprint density at radius 3 is 2.42 bits per heavy atom. The molecule has 7 nitrogen and oxygen atoms in total. The number of nitrogens with one attached hydrogen (secondary N) is 1. The first kappa shape index (κ1) is 22.7. The van der Waals surface area contributed by atoms with Crippen LogP contribution in [-0.2, 0) is 14.3 Å². The molecule has 2 aromatic rings. The van der Waals surface area contributed by atoms with Crippen molar-refractivity contribution in [3.05, 3.63) is 63.8 Å². The van der Waals surface area contributed by atoms with Crippen LogP contribution in [-0.4, -0.2) is 31.5 Å². The first-order valence-electron chi connectivity index (χ1n) is 9.53. The molecule has 162 valence electrons. The number of hydrogen-bond donors (Lipinski definition) is 1. The van der Waals surface area contributed by atoms with Crippen molar-refractivity contribution < 1.29 is 23.9 Å². The van der Waals surface area contributed by atoms with Crippen LogP contribution in [0.5, 0.6) is 5.75 Å². The van der Waals surface area contributed by atoms with Gasteiger partial charge in [0.05, 0.1) is 25.0 Å². The third kappa shape index (κ3) is 4.84. The van der Waals surface area contributed by atoms with Crippen molar-refractivity contribution in [1.82, 2.24) is 0 Å². The molecule has 2 aromatic carbocycles. The zero-order valence-corrected chi connectivity index (χ0v) is 18.4. The number of anilines is 2. The van der Waals surface area contributed by atoms with E-state index in [0.29, 0.717) is 28.6 Å². The Morgan fingerprint density at radius 1 is 1.06 bits per heavy atom. The standard InChI is InChI=1S/C22H20Cl2N2O5/c1-3-4-11-31-22(29)13-5-8-15(9-6-13)25-19-18(24)20(27)26(21(19)28)16-12-14(23)7-10-17(16)30-2/h5-10,12,25H,3-4,11H2,1-2H3. The number of esters is 1. The van der Waals surface area contributed by atoms with Gasteiger partial charge in [0.25, 0.3) is 11.8 Å². The molecule has 31 heavy (non-hydrogen) atoms. The summed E-state index contributed by atoms with van der Waals surface area (Å²) in [5.74, 6) is -1.49. The minimum absolute atomic E-state index is 0.0908. The predicted molar refractivity (Wildman–Crippen MR) is 119 cm³/mol. The maximum Gasteiger partial charge on any atom is 0.338 e. The summed E-state index contributed by atoms with van der Waals surface area (Å²) in [5, 5.41) is 2.91. The second-order valence-corrected chi connectivity index (χ2v) is 7.46. The fraction of sp³-hybridized carbons (Fsp3) is 0.227. The van der Waals surface area contributed by atoms with E-state index in [0.717, 1.165) is 17.7 Å². The molecule has 0 aliphatic carbocycles. The van der Waals surface area contributed by atoms with Crippen LogP contribution in [0.1, 0.15) is 30.1 Å². The smallest absolute Gasteiger partial charge is 0.338 e. The van der Waals surface area contributed by atoms with E-state index in [9.17, 15) is 14.4 Å². The van der Waals surface area contributed by atoms with Crippen LogP contribution in [0.2, 0.25) is 5.02 Å². The molecule has 0 bridgehead atoms. The monoisotopic (exact) mass is 462 g/mol. The summed E-state index contributed by atoms with van der Waals surface area (Å²) in [6.07, 6.45) is 1.72. The minimum Gasteiger partial charge on any atom is -0.495 e. The zero-order valence-electron chi connectivity index (χ0n) is 16.9. The third-order valence-electron chi connectivity index (χ3n) is 4.53. The van der Waals surface area contributed by atoms with Crippen LogP contribution in [0.15, 0.2) is 53.2 Å². The van der Waals surface area contributed by atoms with Crippen LogP contribution < -0.4 is 15.0 Å². The Kier molecular flexibility index (Phi) is 7.20. The minimum atomic E-state index is -0.703. The van der Waals surface area contributed by atoms with Crippen molar-refractivity contribution in [2.24, 2.45) is 0 Å². The predicted octanol–water partition coefficient (Wildman–Crippen LogP) is 4.74. The molecule has 0 spiro atoms. The molecule has 0 atom stereocenters. The number of halogens is 2. The number of carbonyl (C=O) groups excluding carboxylic acids is 3. The lowest BCUT2D eigenvalue weighted by atomic mass is 10.2. The number of rotatable bonds is 8. The highest BCUT2D eigenvalue weighted by atomic mass is 35.5. The Morgan fingerprint density at radius 2 is 1.77 bits per heavy atom. The van der Waals surface area contributed by atoms with E-state index in [-0.39, 0.29) is 16.4 Å². The average molecular weight is 463 g/mol. The van der Waals surface area contributed by atoms with E-state index in [2.05, 4.69) is 5.32 Å². The van der Waals surface area contributed by atoms with Gasteiger partial charge in [-0.2, -0.15) is 0 Å². The average Bonchev–Trinajstić information content (AvgIpc) is 2.97. The largest absolute Gasteiger partial charge is 0.495 e. The van der Waals surface area contributed by atoms with E-state index in [1.807, 2.05) is 6.92 Å². The highest BCUT2D eigenvalue weighted by molar-refractivity contribution is 6.53. The zero-order chi connectivity index (χ0) is 22.5. The highest BCUT2D eigenvalue weighted by Crippen LogP contribution is 2.37. The molecular weight excluding hydrogens is 443 g/mol. The Bertz CT molecular complexity index is 1050. The van der Waals surface area contributed by atoms with Gasteiger partial charge in [0.2, 0.25) is 0 Å². The van der Waals surface area contributed by atoms with Crippen LogP contribution in [0.3, 0.4) is 0 Å². The molecule has 0 saturated carbocycles. The molecule has 9 heteroatoms. The number of unbranched alkanes of at least 4 members (excludes halogenated alkanes) is 1. The molecular formula is C22H20Cl2N2O5. The number of nitrogens with zero attached hydrogens (tertiary/aromatic N) is 1. The number of methoxy groups -OCH3 is 1. The molecule has 1 heterocycles. The summed E-state index contributed by atoms with van der Waals surface area (Å²) in [4.78, 5) is 38.5. The molecule has 2 amide bonds. The summed E-state index contributed by atoms with van der Waals surface area (Å²) in [5.41, 5.74) is 0.942. The van der Waals surface area contributed by atoms with Crippen molar-refractivity contribution in [3.63, 3.8) is 0 Å². The third-order valence-corrected chi connectivity index (χ3v) is 5.12. The van der Waals surface area contributed by atoms with Crippen molar-refractivity contribution in [2.45, 2.75) is 19.8 Å². The summed E-state index contributed by atoms with van der Waals surface area (Å²) in [6, 6.07) is 10.9. The van der Waals surface area contributed by atoms with Crippen molar-refractivity contribution in [3.8, 4) is 5.75 Å². The molecule has 1 aliphatic rings. The Hall–Kier alpha value is -3.03. The molecule has 1 N–H and O–H groups in total. The second-order valence-electron chi connectivity index (χ2n) is 6.64. The number of benzene rings is 2. The number of hydrogen-bond acceptors (Lipinski definition) is 6. The number of amides is 2. The molecule has 0 saturated heterocycles. The van der Waals surface area contributed by atoms with Crippen LogP contribution in [0.4, 0.5) is 11.4 Å². The van der Waals surface area contributed by atoms with Crippen molar-refractivity contribution in [1.29, 1.82) is 0 Å².